The van der Waals surface area contributed by atoms with E-state index in [0.29, 0.717) is 0 Å². The minimum atomic E-state index is 0.112. The average Bonchev–Trinajstić information content (AvgIpc) is 2.38. The summed E-state index contributed by atoms with van der Waals surface area (Å²) in [6.07, 6.45) is 0.813. The van der Waals surface area contributed by atoms with E-state index in [1.54, 1.807) is 0 Å². The molecule has 1 unspecified atom stereocenters. The molecule has 0 radical (unpaired) electrons. The van der Waals surface area contributed by atoms with Crippen LogP contribution in [0.5, 0.6) is 0 Å². The van der Waals surface area contributed by atoms with E-state index in [-0.39, 0.29) is 6.04 Å². The van der Waals surface area contributed by atoms with Crippen LogP contribution in [0.25, 0.3) is 0 Å². The van der Waals surface area contributed by atoms with E-state index in [1.165, 1.54) is 5.56 Å². The van der Waals surface area contributed by atoms with E-state index in [1.807, 2.05) is 44.3 Å². The minimum Gasteiger partial charge on any atom is -0.343 e. The molecule has 0 fully saturated rings. The van der Waals surface area contributed by atoms with E-state index in [4.69, 9.17) is 17.3 Å². The molecule has 0 heterocycles. The Bertz CT molecular complexity index is 538. The maximum Gasteiger partial charge on any atom is 0.0645 e. The lowest BCUT2D eigenvalue weighted by molar-refractivity contribution is 0.737. The zero-order chi connectivity index (χ0) is 13.8. The summed E-state index contributed by atoms with van der Waals surface area (Å²) in [5, 5.41) is 0.754. The maximum absolute atomic E-state index is 6.38. The summed E-state index contributed by atoms with van der Waals surface area (Å²) in [5.74, 6) is 0. The number of benzene rings is 2. The van der Waals surface area contributed by atoms with Gasteiger partial charge in [0.1, 0.15) is 0 Å². The molecule has 0 aliphatic heterocycles. The maximum atomic E-state index is 6.38. The number of hydrogen-bond donors (Lipinski definition) is 1. The Balaban J connectivity index is 2.43. The standard InChI is InChI=1S/C16H19ClN2/c1-12(18)11-13-7-6-10-15(17)16(13)19(2)14-8-4-3-5-9-14/h3-10,12H,11,18H2,1-2H3. The first-order valence-electron chi connectivity index (χ1n) is 6.41. The third-order valence-electron chi connectivity index (χ3n) is 3.09. The van der Waals surface area contributed by atoms with Crippen LogP contribution in [0, 0.1) is 0 Å². The van der Waals surface area contributed by atoms with Crippen LogP contribution in [0.15, 0.2) is 48.5 Å². The number of para-hydroxylation sites is 2. The zero-order valence-electron chi connectivity index (χ0n) is 11.3. The fourth-order valence-corrected chi connectivity index (χ4v) is 2.55. The molecule has 0 aliphatic rings. The largest absolute Gasteiger partial charge is 0.343 e. The van der Waals surface area contributed by atoms with Crippen molar-refractivity contribution in [2.24, 2.45) is 5.73 Å². The quantitative estimate of drug-likeness (QED) is 0.913. The van der Waals surface area contributed by atoms with Crippen molar-refractivity contribution in [3.8, 4) is 0 Å². The Morgan fingerprint density at radius 3 is 2.42 bits per heavy atom. The van der Waals surface area contributed by atoms with Gasteiger partial charge in [0.15, 0.2) is 0 Å². The van der Waals surface area contributed by atoms with Gasteiger partial charge in [0.05, 0.1) is 10.7 Å². The first-order chi connectivity index (χ1) is 9.09. The monoisotopic (exact) mass is 274 g/mol. The van der Waals surface area contributed by atoms with Gasteiger partial charge in [0.2, 0.25) is 0 Å². The number of anilines is 2. The Labute approximate surface area is 119 Å². The van der Waals surface area contributed by atoms with Crippen molar-refractivity contribution in [1.29, 1.82) is 0 Å². The topological polar surface area (TPSA) is 29.3 Å². The third-order valence-corrected chi connectivity index (χ3v) is 3.40. The lowest BCUT2D eigenvalue weighted by Gasteiger charge is -2.24. The second-order valence-corrected chi connectivity index (χ2v) is 5.23. The highest BCUT2D eigenvalue weighted by molar-refractivity contribution is 6.33. The molecular weight excluding hydrogens is 256 g/mol. The van der Waals surface area contributed by atoms with Crippen LogP contribution < -0.4 is 10.6 Å². The SMILES string of the molecule is CC(N)Cc1cccc(Cl)c1N(C)c1ccccc1. The van der Waals surface area contributed by atoms with Crippen LogP contribution in [0.2, 0.25) is 5.02 Å². The van der Waals surface area contributed by atoms with Gasteiger partial charge in [-0.3, -0.25) is 0 Å². The first kappa shape index (κ1) is 13.9. The predicted molar refractivity (Wildman–Crippen MR) is 83.3 cm³/mol. The summed E-state index contributed by atoms with van der Waals surface area (Å²) in [5.41, 5.74) is 9.24. The summed E-state index contributed by atoms with van der Waals surface area (Å²) in [6, 6.07) is 16.3. The van der Waals surface area contributed by atoms with E-state index in [9.17, 15) is 0 Å². The molecule has 0 spiro atoms. The Morgan fingerprint density at radius 2 is 1.79 bits per heavy atom. The van der Waals surface area contributed by atoms with Crippen molar-refractivity contribution >= 4 is 23.0 Å². The smallest absolute Gasteiger partial charge is 0.0645 e. The highest BCUT2D eigenvalue weighted by atomic mass is 35.5. The van der Waals surface area contributed by atoms with Crippen molar-refractivity contribution < 1.29 is 0 Å². The Morgan fingerprint density at radius 1 is 1.11 bits per heavy atom. The van der Waals surface area contributed by atoms with E-state index in [2.05, 4.69) is 23.1 Å². The molecule has 3 heteroatoms. The number of hydrogen-bond acceptors (Lipinski definition) is 2. The molecule has 19 heavy (non-hydrogen) atoms. The van der Waals surface area contributed by atoms with Gasteiger partial charge in [0.25, 0.3) is 0 Å². The molecule has 2 nitrogen and oxygen atoms in total. The normalized spacial score (nSPS) is 12.2. The minimum absolute atomic E-state index is 0.112. The number of nitrogens with two attached hydrogens (primary N) is 1. The van der Waals surface area contributed by atoms with Crippen molar-refractivity contribution in [1.82, 2.24) is 0 Å². The predicted octanol–water partition coefficient (Wildman–Crippen LogP) is 4.00. The van der Waals surface area contributed by atoms with Crippen LogP contribution in [0.3, 0.4) is 0 Å². The van der Waals surface area contributed by atoms with Crippen molar-refractivity contribution in [3.63, 3.8) is 0 Å². The molecule has 1 atom stereocenters. The van der Waals surface area contributed by atoms with Gasteiger partial charge in [-0.1, -0.05) is 41.9 Å². The molecular formula is C16H19ClN2. The lowest BCUT2D eigenvalue weighted by atomic mass is 10.0. The number of rotatable bonds is 4. The van der Waals surface area contributed by atoms with Crippen molar-refractivity contribution in [3.05, 3.63) is 59.1 Å². The summed E-state index contributed by atoms with van der Waals surface area (Å²) in [6.45, 7) is 2.01. The number of halogens is 1. The van der Waals surface area contributed by atoms with Crippen molar-refractivity contribution in [2.45, 2.75) is 19.4 Å². The van der Waals surface area contributed by atoms with Gasteiger partial charge >= 0.3 is 0 Å². The molecule has 0 bridgehead atoms. The summed E-state index contributed by atoms with van der Waals surface area (Å²) >= 11 is 6.38. The van der Waals surface area contributed by atoms with Crippen LogP contribution in [0.4, 0.5) is 11.4 Å². The Kier molecular flexibility index (Phi) is 4.46. The highest BCUT2D eigenvalue weighted by Gasteiger charge is 2.14. The molecule has 0 saturated carbocycles. The van der Waals surface area contributed by atoms with Crippen LogP contribution in [-0.2, 0) is 6.42 Å². The van der Waals surface area contributed by atoms with Gasteiger partial charge in [-0.2, -0.15) is 0 Å². The molecule has 0 amide bonds. The van der Waals surface area contributed by atoms with E-state index in [0.717, 1.165) is 22.8 Å². The molecule has 2 rings (SSSR count). The first-order valence-corrected chi connectivity index (χ1v) is 6.79. The molecule has 2 N–H and O–H groups in total. The molecule has 100 valence electrons. The second-order valence-electron chi connectivity index (χ2n) is 4.82. The summed E-state index contributed by atoms with van der Waals surface area (Å²) < 4.78 is 0. The summed E-state index contributed by atoms with van der Waals surface area (Å²) in [7, 11) is 2.03. The van der Waals surface area contributed by atoms with E-state index < -0.39 is 0 Å². The molecule has 0 aromatic heterocycles. The van der Waals surface area contributed by atoms with Crippen molar-refractivity contribution in [2.75, 3.05) is 11.9 Å². The Hall–Kier alpha value is -1.51. The van der Waals surface area contributed by atoms with Gasteiger partial charge in [-0.05, 0) is 37.1 Å². The third kappa shape index (κ3) is 3.28. The molecule has 2 aromatic rings. The van der Waals surface area contributed by atoms with E-state index >= 15 is 0 Å². The molecule has 0 saturated heterocycles. The highest BCUT2D eigenvalue weighted by Crippen LogP contribution is 2.34. The zero-order valence-corrected chi connectivity index (χ0v) is 12.1. The van der Waals surface area contributed by atoms with Crippen LogP contribution in [0.1, 0.15) is 12.5 Å². The lowest BCUT2D eigenvalue weighted by Crippen LogP contribution is -2.20. The second kappa shape index (κ2) is 6.09. The van der Waals surface area contributed by atoms with Gasteiger partial charge in [-0.25, -0.2) is 0 Å². The number of nitrogens with zero attached hydrogens (tertiary/aromatic N) is 1. The average molecular weight is 275 g/mol. The molecule has 2 aromatic carbocycles. The van der Waals surface area contributed by atoms with Gasteiger partial charge < -0.3 is 10.6 Å². The fourth-order valence-electron chi connectivity index (χ4n) is 2.23. The van der Waals surface area contributed by atoms with Gasteiger partial charge in [0, 0.05) is 18.8 Å². The van der Waals surface area contributed by atoms with Gasteiger partial charge in [-0.15, -0.1) is 0 Å². The van der Waals surface area contributed by atoms with Crippen LogP contribution >= 0.6 is 11.6 Å². The van der Waals surface area contributed by atoms with Crippen LogP contribution in [-0.4, -0.2) is 13.1 Å². The molecule has 0 aliphatic carbocycles. The summed E-state index contributed by atoms with van der Waals surface area (Å²) in [4.78, 5) is 2.11. The fraction of sp³-hybridized carbons (Fsp3) is 0.250.